The van der Waals surface area contributed by atoms with Crippen LogP contribution in [-0.2, 0) is 4.79 Å². The van der Waals surface area contributed by atoms with E-state index in [-0.39, 0.29) is 22.8 Å². The first-order valence-corrected chi connectivity index (χ1v) is 6.87. The molecule has 0 spiro atoms. The molecule has 0 aliphatic carbocycles. The van der Waals surface area contributed by atoms with Gasteiger partial charge in [-0.3, -0.25) is 4.79 Å². The molecule has 4 nitrogen and oxygen atoms in total. The number of methoxy groups -OCH3 is 1. The number of ether oxygens (including phenoxy) is 1. The molecule has 0 bridgehead atoms. The van der Waals surface area contributed by atoms with Crippen molar-refractivity contribution in [2.45, 2.75) is 25.6 Å². The van der Waals surface area contributed by atoms with Crippen molar-refractivity contribution in [2.75, 3.05) is 12.9 Å². The van der Waals surface area contributed by atoms with Gasteiger partial charge in [-0.15, -0.1) is 0 Å². The van der Waals surface area contributed by atoms with Crippen LogP contribution >= 0.6 is 11.8 Å². The van der Waals surface area contributed by atoms with Gasteiger partial charge in [-0.25, -0.2) is 8.78 Å². The Morgan fingerprint density at radius 3 is 2.60 bits per heavy atom. The lowest BCUT2D eigenvalue weighted by atomic mass is 10.0. The summed E-state index contributed by atoms with van der Waals surface area (Å²) in [5.41, 5.74) is -0.162. The molecule has 2 atom stereocenters. The second kappa shape index (κ2) is 7.56. The Labute approximate surface area is 119 Å². The predicted molar refractivity (Wildman–Crippen MR) is 71.6 cm³/mol. The molecule has 0 saturated carbocycles. The number of thioether (sulfide) groups is 1. The number of benzene rings is 1. The number of carbonyl (C=O) groups is 1. The number of aliphatic hydroxyl groups excluding tert-OH is 2. The fourth-order valence-corrected chi connectivity index (χ4v) is 2.35. The molecule has 0 saturated heterocycles. The minimum absolute atomic E-state index is 0.104. The van der Waals surface area contributed by atoms with E-state index in [9.17, 15) is 23.8 Å². The number of carbonyl (C=O) groups excluding carboxylic acids is 1. The van der Waals surface area contributed by atoms with Crippen molar-refractivity contribution in [1.29, 1.82) is 0 Å². The normalized spacial score (nSPS) is 13.9. The zero-order chi connectivity index (χ0) is 15.3. The third-order valence-corrected chi connectivity index (χ3v) is 3.49. The van der Waals surface area contributed by atoms with E-state index in [1.165, 1.54) is 14.0 Å². The summed E-state index contributed by atoms with van der Waals surface area (Å²) in [5.74, 6) is -1.83. The quantitative estimate of drug-likeness (QED) is 0.842. The summed E-state index contributed by atoms with van der Waals surface area (Å²) >= 11 is 0.999. The SMILES string of the molecule is COc1c(F)cc(F)cc1C(O)C(O)CCSC(C)=O. The standard InChI is InChI=1S/C13H16F2O4S/c1-7(16)20-4-3-11(17)12(18)9-5-8(14)6-10(15)13(9)19-2/h5-6,11-12,17-18H,3-4H2,1-2H3. The summed E-state index contributed by atoms with van der Waals surface area (Å²) in [4.78, 5) is 10.8. The summed E-state index contributed by atoms with van der Waals surface area (Å²) < 4.78 is 31.4. The molecule has 0 amide bonds. The molecular weight excluding hydrogens is 290 g/mol. The van der Waals surface area contributed by atoms with Gasteiger partial charge in [-0.1, -0.05) is 11.8 Å². The lowest BCUT2D eigenvalue weighted by Gasteiger charge is -2.20. The van der Waals surface area contributed by atoms with Crippen molar-refractivity contribution in [3.63, 3.8) is 0 Å². The Balaban J connectivity index is 2.85. The highest BCUT2D eigenvalue weighted by Gasteiger charge is 2.24. The van der Waals surface area contributed by atoms with Crippen LogP contribution < -0.4 is 4.74 Å². The van der Waals surface area contributed by atoms with Crippen LogP contribution in [0.4, 0.5) is 8.78 Å². The molecular formula is C13H16F2O4S. The fraction of sp³-hybridized carbons (Fsp3) is 0.462. The first kappa shape index (κ1) is 16.9. The minimum Gasteiger partial charge on any atom is -0.493 e. The van der Waals surface area contributed by atoms with E-state index in [4.69, 9.17) is 4.74 Å². The molecule has 112 valence electrons. The van der Waals surface area contributed by atoms with Gasteiger partial charge in [0.05, 0.1) is 13.2 Å². The summed E-state index contributed by atoms with van der Waals surface area (Å²) in [6.45, 7) is 1.39. The van der Waals surface area contributed by atoms with Crippen molar-refractivity contribution >= 4 is 16.9 Å². The van der Waals surface area contributed by atoms with Crippen molar-refractivity contribution < 1.29 is 28.5 Å². The van der Waals surface area contributed by atoms with Crippen molar-refractivity contribution in [3.8, 4) is 5.75 Å². The molecule has 0 heterocycles. The lowest BCUT2D eigenvalue weighted by Crippen LogP contribution is -2.20. The van der Waals surface area contributed by atoms with Crippen LogP contribution in [0.2, 0.25) is 0 Å². The summed E-state index contributed by atoms with van der Waals surface area (Å²) in [5, 5.41) is 19.7. The monoisotopic (exact) mass is 306 g/mol. The maximum absolute atomic E-state index is 13.5. The molecule has 7 heteroatoms. The molecule has 20 heavy (non-hydrogen) atoms. The Bertz CT molecular complexity index is 482. The van der Waals surface area contributed by atoms with Crippen molar-refractivity contribution in [2.24, 2.45) is 0 Å². The number of hydrogen-bond donors (Lipinski definition) is 2. The molecule has 2 N–H and O–H groups in total. The van der Waals surface area contributed by atoms with Gasteiger partial charge in [-0.2, -0.15) is 0 Å². The number of aliphatic hydroxyl groups is 2. The number of hydrogen-bond acceptors (Lipinski definition) is 5. The predicted octanol–water partition coefficient (Wildman–Crippen LogP) is 2.04. The van der Waals surface area contributed by atoms with Crippen molar-refractivity contribution in [1.82, 2.24) is 0 Å². The largest absolute Gasteiger partial charge is 0.493 e. The molecule has 1 aromatic carbocycles. The van der Waals surface area contributed by atoms with Gasteiger partial charge in [-0.05, 0) is 12.5 Å². The number of rotatable bonds is 6. The average Bonchev–Trinajstić information content (AvgIpc) is 2.36. The molecule has 2 unspecified atom stereocenters. The summed E-state index contributed by atoms with van der Waals surface area (Å²) in [6.07, 6.45) is -2.65. The van der Waals surface area contributed by atoms with Crippen molar-refractivity contribution in [3.05, 3.63) is 29.3 Å². The van der Waals surface area contributed by atoms with Crippen LogP contribution in [0.15, 0.2) is 12.1 Å². The average molecular weight is 306 g/mol. The molecule has 1 rings (SSSR count). The highest BCUT2D eigenvalue weighted by atomic mass is 32.2. The van der Waals surface area contributed by atoms with Crippen LogP contribution in [0.25, 0.3) is 0 Å². The third kappa shape index (κ3) is 4.43. The smallest absolute Gasteiger partial charge is 0.185 e. The Morgan fingerprint density at radius 2 is 2.05 bits per heavy atom. The lowest BCUT2D eigenvalue weighted by molar-refractivity contribution is -0.109. The third-order valence-electron chi connectivity index (χ3n) is 2.64. The van der Waals surface area contributed by atoms with E-state index in [1.54, 1.807) is 0 Å². The number of halogens is 2. The van der Waals surface area contributed by atoms with Gasteiger partial charge in [0, 0.05) is 24.3 Å². The second-order valence-corrected chi connectivity index (χ2v) is 5.42. The molecule has 0 aromatic heterocycles. The van der Waals surface area contributed by atoms with E-state index in [0.29, 0.717) is 11.8 Å². The molecule has 1 aromatic rings. The van der Waals surface area contributed by atoms with Gasteiger partial charge in [0.2, 0.25) is 0 Å². The highest BCUT2D eigenvalue weighted by Crippen LogP contribution is 2.32. The minimum atomic E-state index is -1.50. The van der Waals surface area contributed by atoms with E-state index in [0.717, 1.165) is 17.8 Å². The van der Waals surface area contributed by atoms with Gasteiger partial charge in [0.15, 0.2) is 16.7 Å². The van der Waals surface area contributed by atoms with E-state index >= 15 is 0 Å². The van der Waals surface area contributed by atoms with Gasteiger partial charge in [0.1, 0.15) is 11.9 Å². The van der Waals surface area contributed by atoms with Gasteiger partial charge in [0.25, 0.3) is 0 Å². The van der Waals surface area contributed by atoms with Crippen LogP contribution in [0.1, 0.15) is 25.0 Å². The summed E-state index contributed by atoms with van der Waals surface area (Å²) in [7, 11) is 1.19. The Hall–Kier alpha value is -1.18. The maximum atomic E-state index is 13.5. The fourth-order valence-electron chi connectivity index (χ4n) is 1.70. The topological polar surface area (TPSA) is 66.8 Å². The van der Waals surface area contributed by atoms with E-state index < -0.39 is 23.8 Å². The first-order chi connectivity index (χ1) is 9.36. The zero-order valence-corrected chi connectivity index (χ0v) is 11.9. The summed E-state index contributed by atoms with van der Waals surface area (Å²) in [6, 6.07) is 1.54. The van der Waals surface area contributed by atoms with Crippen LogP contribution in [-0.4, -0.2) is 34.3 Å². The molecule has 0 aliphatic heterocycles. The maximum Gasteiger partial charge on any atom is 0.185 e. The first-order valence-electron chi connectivity index (χ1n) is 5.89. The molecule has 0 fully saturated rings. The van der Waals surface area contributed by atoms with Gasteiger partial charge < -0.3 is 14.9 Å². The van der Waals surface area contributed by atoms with E-state index in [2.05, 4.69) is 0 Å². The zero-order valence-electron chi connectivity index (χ0n) is 11.1. The van der Waals surface area contributed by atoms with Crippen LogP contribution in [0.3, 0.4) is 0 Å². The molecule has 0 aliphatic rings. The molecule has 0 radical (unpaired) electrons. The Kier molecular flexibility index (Phi) is 6.38. The Morgan fingerprint density at radius 1 is 1.40 bits per heavy atom. The van der Waals surface area contributed by atoms with Crippen LogP contribution in [0.5, 0.6) is 5.75 Å². The van der Waals surface area contributed by atoms with Crippen LogP contribution in [0, 0.1) is 11.6 Å². The second-order valence-electron chi connectivity index (χ2n) is 4.15. The van der Waals surface area contributed by atoms with Gasteiger partial charge >= 0.3 is 0 Å². The van der Waals surface area contributed by atoms with E-state index in [1.807, 2.05) is 0 Å². The highest BCUT2D eigenvalue weighted by molar-refractivity contribution is 8.13.